The molecule has 0 aliphatic rings. The fourth-order valence-corrected chi connectivity index (χ4v) is 3.88. The number of imidazole rings is 1. The summed E-state index contributed by atoms with van der Waals surface area (Å²) in [4.78, 5) is 3.35. The van der Waals surface area contributed by atoms with Crippen molar-refractivity contribution in [2.75, 3.05) is 6.26 Å². The lowest BCUT2D eigenvalue weighted by Gasteiger charge is -2.30. The average molecular weight is 313 g/mol. The molecule has 0 radical (unpaired) electrons. The molecule has 0 spiro atoms. The van der Waals surface area contributed by atoms with Crippen molar-refractivity contribution in [2.24, 2.45) is 7.05 Å². The largest absolute Gasteiger partial charge is 0.328 e. The zero-order chi connectivity index (χ0) is 14.9. The lowest BCUT2D eigenvalue weighted by Crippen LogP contribution is -2.29. The van der Waals surface area contributed by atoms with Crippen LogP contribution in [0.4, 0.5) is 0 Å². The van der Waals surface area contributed by atoms with Gasteiger partial charge in [-0.2, -0.15) is 16.9 Å². The summed E-state index contributed by atoms with van der Waals surface area (Å²) in [5.41, 5.74) is 3.31. The summed E-state index contributed by atoms with van der Waals surface area (Å²) in [5, 5.41) is 4.59. The number of thioether (sulfide) groups is 1. The smallest absolute Gasteiger partial charge is 0.179 e. The third-order valence-electron chi connectivity index (χ3n) is 4.33. The molecular formula is C14H24N4S2. The molecule has 0 atom stereocenters. The van der Waals surface area contributed by atoms with Gasteiger partial charge in [0.2, 0.25) is 0 Å². The van der Waals surface area contributed by atoms with E-state index in [0.717, 1.165) is 47.4 Å². The van der Waals surface area contributed by atoms with E-state index in [0.29, 0.717) is 0 Å². The van der Waals surface area contributed by atoms with Gasteiger partial charge in [0.1, 0.15) is 5.52 Å². The van der Waals surface area contributed by atoms with Crippen molar-refractivity contribution in [1.29, 1.82) is 0 Å². The van der Waals surface area contributed by atoms with Gasteiger partial charge in [0.05, 0.1) is 5.69 Å². The molecule has 6 heteroatoms. The third kappa shape index (κ3) is 2.44. The number of aromatic nitrogens is 4. The number of aryl methyl sites for hydroxylation is 2. The van der Waals surface area contributed by atoms with E-state index < -0.39 is 0 Å². The predicted octanol–water partition coefficient (Wildman–Crippen LogP) is 3.92. The first kappa shape index (κ1) is 15.6. The van der Waals surface area contributed by atoms with Crippen LogP contribution in [0.5, 0.6) is 0 Å². The summed E-state index contributed by atoms with van der Waals surface area (Å²) in [6.45, 7) is 7.57. The monoisotopic (exact) mass is 312 g/mol. The van der Waals surface area contributed by atoms with E-state index >= 15 is 0 Å². The Morgan fingerprint density at radius 1 is 1.30 bits per heavy atom. The van der Waals surface area contributed by atoms with Crippen molar-refractivity contribution in [2.45, 2.75) is 51.3 Å². The van der Waals surface area contributed by atoms with Crippen LogP contribution in [0.15, 0.2) is 0 Å². The molecule has 0 aliphatic carbocycles. The Balaban J connectivity index is 2.57. The van der Waals surface area contributed by atoms with Crippen molar-refractivity contribution in [3.63, 3.8) is 0 Å². The number of nitrogens with zero attached hydrogens (tertiary/aromatic N) is 3. The van der Waals surface area contributed by atoms with Crippen LogP contribution in [-0.4, -0.2) is 30.3 Å². The Labute approximate surface area is 129 Å². The van der Waals surface area contributed by atoms with Crippen LogP contribution >= 0.6 is 24.0 Å². The Morgan fingerprint density at radius 2 is 1.95 bits per heavy atom. The predicted molar refractivity (Wildman–Crippen MR) is 90.1 cm³/mol. The van der Waals surface area contributed by atoms with E-state index in [1.807, 2.05) is 23.5 Å². The van der Waals surface area contributed by atoms with Gasteiger partial charge < -0.3 is 9.55 Å². The van der Waals surface area contributed by atoms with Crippen LogP contribution in [0.3, 0.4) is 0 Å². The van der Waals surface area contributed by atoms with Crippen molar-refractivity contribution < 1.29 is 0 Å². The SMILES string of the molecule is CCc1nn(C)c2c1[nH]c(=S)n2CC(CC)(CC)SC. The van der Waals surface area contributed by atoms with Crippen molar-refractivity contribution in [3.8, 4) is 0 Å². The highest BCUT2D eigenvalue weighted by atomic mass is 32.2. The van der Waals surface area contributed by atoms with Crippen molar-refractivity contribution in [3.05, 3.63) is 10.5 Å². The molecule has 20 heavy (non-hydrogen) atoms. The first-order chi connectivity index (χ1) is 9.51. The number of hydrogen-bond acceptors (Lipinski definition) is 3. The maximum atomic E-state index is 5.54. The number of H-pyrrole nitrogens is 1. The molecule has 0 fully saturated rings. The Morgan fingerprint density at radius 3 is 2.45 bits per heavy atom. The van der Waals surface area contributed by atoms with Gasteiger partial charge in [0, 0.05) is 18.3 Å². The van der Waals surface area contributed by atoms with Gasteiger partial charge in [-0.15, -0.1) is 0 Å². The van der Waals surface area contributed by atoms with Crippen LogP contribution in [0, 0.1) is 4.77 Å². The molecule has 2 aromatic heterocycles. The molecule has 4 nitrogen and oxygen atoms in total. The molecule has 112 valence electrons. The van der Waals surface area contributed by atoms with E-state index in [4.69, 9.17) is 12.2 Å². The molecule has 0 unspecified atom stereocenters. The molecule has 0 amide bonds. The first-order valence-electron chi connectivity index (χ1n) is 7.21. The van der Waals surface area contributed by atoms with E-state index in [1.165, 1.54) is 0 Å². The van der Waals surface area contributed by atoms with E-state index in [9.17, 15) is 0 Å². The minimum absolute atomic E-state index is 0.240. The van der Waals surface area contributed by atoms with E-state index in [2.05, 4.69) is 41.7 Å². The van der Waals surface area contributed by atoms with Gasteiger partial charge in [-0.05, 0) is 37.7 Å². The normalized spacial score (nSPS) is 12.4. The molecule has 0 saturated carbocycles. The number of aromatic amines is 1. The minimum Gasteiger partial charge on any atom is -0.328 e. The summed E-state index contributed by atoms with van der Waals surface area (Å²) in [5.74, 6) is 0. The lowest BCUT2D eigenvalue weighted by molar-refractivity contribution is 0.465. The quantitative estimate of drug-likeness (QED) is 0.822. The zero-order valence-electron chi connectivity index (χ0n) is 13.0. The average Bonchev–Trinajstić information content (AvgIpc) is 2.94. The second-order valence-electron chi connectivity index (χ2n) is 5.23. The molecular weight excluding hydrogens is 288 g/mol. The fourth-order valence-electron chi connectivity index (χ4n) is 2.79. The topological polar surface area (TPSA) is 38.5 Å². The maximum absolute atomic E-state index is 5.54. The second kappa shape index (κ2) is 5.93. The molecule has 0 saturated heterocycles. The van der Waals surface area contributed by atoms with E-state index in [1.54, 1.807) is 0 Å². The summed E-state index contributed by atoms with van der Waals surface area (Å²) in [6, 6.07) is 0. The second-order valence-corrected chi connectivity index (χ2v) is 6.89. The van der Waals surface area contributed by atoms with Crippen LogP contribution in [-0.2, 0) is 20.0 Å². The highest BCUT2D eigenvalue weighted by Gasteiger charge is 2.27. The van der Waals surface area contributed by atoms with Crippen LogP contribution in [0.2, 0.25) is 0 Å². The van der Waals surface area contributed by atoms with Gasteiger partial charge >= 0.3 is 0 Å². The molecule has 2 aromatic rings. The first-order valence-corrected chi connectivity index (χ1v) is 8.84. The maximum Gasteiger partial charge on any atom is 0.179 e. The highest BCUT2D eigenvalue weighted by Crippen LogP contribution is 2.33. The number of rotatable bonds is 6. The van der Waals surface area contributed by atoms with Crippen molar-refractivity contribution >= 4 is 35.1 Å². The van der Waals surface area contributed by atoms with Crippen LogP contribution in [0.1, 0.15) is 39.3 Å². The van der Waals surface area contributed by atoms with Gasteiger partial charge in [0.25, 0.3) is 0 Å². The number of fused-ring (bicyclic) bond motifs is 1. The highest BCUT2D eigenvalue weighted by molar-refractivity contribution is 8.00. The lowest BCUT2D eigenvalue weighted by atomic mass is 10.0. The fraction of sp³-hybridized carbons (Fsp3) is 0.714. The summed E-state index contributed by atoms with van der Waals surface area (Å²) >= 11 is 7.48. The van der Waals surface area contributed by atoms with Crippen molar-refractivity contribution in [1.82, 2.24) is 19.3 Å². The van der Waals surface area contributed by atoms with Crippen LogP contribution < -0.4 is 0 Å². The van der Waals surface area contributed by atoms with E-state index in [-0.39, 0.29) is 4.75 Å². The van der Waals surface area contributed by atoms with Gasteiger partial charge in [-0.25, -0.2) is 0 Å². The molecule has 1 N–H and O–H groups in total. The standard InChI is InChI=1S/C14H24N4S2/c1-6-10-11-12(17(4)16-10)18(13(19)15-11)9-14(7-2,8-3)20-5/h6-9H2,1-5H3,(H,15,19). The number of nitrogens with one attached hydrogen (secondary N) is 1. The summed E-state index contributed by atoms with van der Waals surface area (Å²) in [6.07, 6.45) is 5.39. The summed E-state index contributed by atoms with van der Waals surface area (Å²) in [7, 11) is 2.00. The molecule has 2 heterocycles. The molecule has 0 aromatic carbocycles. The zero-order valence-corrected chi connectivity index (χ0v) is 14.6. The Kier molecular flexibility index (Phi) is 4.64. The van der Waals surface area contributed by atoms with Gasteiger partial charge in [0.15, 0.2) is 10.4 Å². The van der Waals surface area contributed by atoms with Gasteiger partial charge in [-0.3, -0.25) is 4.68 Å². The van der Waals surface area contributed by atoms with Gasteiger partial charge in [-0.1, -0.05) is 20.8 Å². The summed E-state index contributed by atoms with van der Waals surface area (Å²) < 4.78 is 5.23. The van der Waals surface area contributed by atoms with Crippen LogP contribution in [0.25, 0.3) is 11.2 Å². The molecule has 2 rings (SSSR count). The third-order valence-corrected chi connectivity index (χ3v) is 6.22. The molecule has 0 aliphatic heterocycles. The number of hydrogen-bond donors (Lipinski definition) is 1. The Bertz CT molecular complexity index is 638. The minimum atomic E-state index is 0.240. The molecule has 0 bridgehead atoms. The Hall–Kier alpha value is -0.750.